The minimum Gasteiger partial charge on any atom is -0.463 e. The molecule has 142 valence electrons. The van der Waals surface area contributed by atoms with E-state index in [4.69, 9.17) is 9.15 Å². The van der Waals surface area contributed by atoms with Gasteiger partial charge < -0.3 is 9.15 Å². The Bertz CT molecular complexity index is 1230. The van der Waals surface area contributed by atoms with Crippen molar-refractivity contribution in [3.63, 3.8) is 0 Å². The molecule has 0 fully saturated rings. The fraction of sp³-hybridized carbons (Fsp3) is 0.115. The van der Waals surface area contributed by atoms with Gasteiger partial charge in [0, 0.05) is 28.0 Å². The maximum atomic E-state index is 12.9. The van der Waals surface area contributed by atoms with Crippen LogP contribution in [0, 0.1) is 0 Å². The van der Waals surface area contributed by atoms with Gasteiger partial charge >= 0.3 is 5.97 Å². The van der Waals surface area contributed by atoms with Crippen LogP contribution in [0.1, 0.15) is 29.5 Å². The van der Waals surface area contributed by atoms with Crippen molar-refractivity contribution in [2.45, 2.75) is 12.8 Å². The molecule has 0 spiro atoms. The highest BCUT2D eigenvalue weighted by Crippen LogP contribution is 2.48. The summed E-state index contributed by atoms with van der Waals surface area (Å²) in [4.78, 5) is 12.9. The van der Waals surface area contributed by atoms with Crippen molar-refractivity contribution in [1.82, 2.24) is 0 Å². The van der Waals surface area contributed by atoms with Crippen molar-refractivity contribution in [2.24, 2.45) is 0 Å². The lowest BCUT2D eigenvalue weighted by Crippen LogP contribution is -2.13. The molecule has 0 bridgehead atoms. The molecule has 0 saturated heterocycles. The zero-order valence-electron chi connectivity index (χ0n) is 16.1. The van der Waals surface area contributed by atoms with E-state index < -0.39 is 0 Å². The molecule has 1 heterocycles. The lowest BCUT2D eigenvalue weighted by molar-refractivity contribution is -0.138. The summed E-state index contributed by atoms with van der Waals surface area (Å²) < 4.78 is 11.7. The van der Waals surface area contributed by atoms with Crippen LogP contribution in [0.25, 0.3) is 28.4 Å². The number of ether oxygens (including phenoxy) is 1. The van der Waals surface area contributed by atoms with Gasteiger partial charge in [-0.15, -0.1) is 0 Å². The summed E-state index contributed by atoms with van der Waals surface area (Å²) in [7, 11) is 0. The minimum absolute atomic E-state index is 0.232. The molecule has 0 saturated carbocycles. The summed E-state index contributed by atoms with van der Waals surface area (Å²) in [5, 5.41) is 1.02. The van der Waals surface area contributed by atoms with Gasteiger partial charge in [0.2, 0.25) is 0 Å². The third-order valence-corrected chi connectivity index (χ3v) is 5.40. The SMILES string of the molecule is CCOC(=O)C1=Cc2ccccc2C1c1c(-c2ccccc2)oc2ccccc12. The van der Waals surface area contributed by atoms with Crippen molar-refractivity contribution >= 4 is 23.0 Å². The van der Waals surface area contributed by atoms with E-state index >= 15 is 0 Å². The normalized spacial score (nSPS) is 15.2. The summed E-state index contributed by atoms with van der Waals surface area (Å²) in [6, 6.07) is 26.2. The molecular weight excluding hydrogens is 360 g/mol. The number of para-hydroxylation sites is 1. The third kappa shape index (κ3) is 2.87. The Labute approximate surface area is 169 Å². The predicted molar refractivity (Wildman–Crippen MR) is 115 cm³/mol. The Morgan fingerprint density at radius 2 is 1.66 bits per heavy atom. The minimum atomic E-state index is -0.280. The molecule has 0 N–H and O–H groups in total. The average molecular weight is 380 g/mol. The molecule has 1 aromatic heterocycles. The molecule has 29 heavy (non-hydrogen) atoms. The molecule has 0 radical (unpaired) electrons. The zero-order chi connectivity index (χ0) is 19.8. The largest absolute Gasteiger partial charge is 0.463 e. The summed E-state index contributed by atoms with van der Waals surface area (Å²) >= 11 is 0. The number of hydrogen-bond acceptors (Lipinski definition) is 3. The van der Waals surface area contributed by atoms with Crippen LogP contribution in [0.2, 0.25) is 0 Å². The van der Waals surface area contributed by atoms with Crippen molar-refractivity contribution < 1.29 is 13.9 Å². The van der Waals surface area contributed by atoms with Gasteiger partial charge in [-0.25, -0.2) is 4.79 Å². The monoisotopic (exact) mass is 380 g/mol. The van der Waals surface area contributed by atoms with E-state index in [0.29, 0.717) is 12.2 Å². The molecule has 5 rings (SSSR count). The Morgan fingerprint density at radius 1 is 0.931 bits per heavy atom. The summed E-state index contributed by atoms with van der Waals surface area (Å²) in [5.74, 6) is 0.283. The van der Waals surface area contributed by atoms with E-state index in [1.54, 1.807) is 0 Å². The molecule has 3 nitrogen and oxygen atoms in total. The van der Waals surface area contributed by atoms with Gasteiger partial charge in [-0.1, -0.05) is 72.8 Å². The van der Waals surface area contributed by atoms with Gasteiger partial charge in [-0.2, -0.15) is 0 Å². The second-order valence-electron chi connectivity index (χ2n) is 7.09. The second kappa shape index (κ2) is 7.10. The number of carbonyl (C=O) groups excluding carboxylic acids is 1. The number of furan rings is 1. The second-order valence-corrected chi connectivity index (χ2v) is 7.09. The molecule has 3 aromatic carbocycles. The number of rotatable bonds is 4. The van der Waals surface area contributed by atoms with Crippen molar-refractivity contribution in [1.29, 1.82) is 0 Å². The zero-order valence-corrected chi connectivity index (χ0v) is 16.1. The highest BCUT2D eigenvalue weighted by Gasteiger charge is 2.36. The Morgan fingerprint density at radius 3 is 2.48 bits per heavy atom. The van der Waals surface area contributed by atoms with Gasteiger partial charge in [0.1, 0.15) is 11.3 Å². The van der Waals surface area contributed by atoms with Gasteiger partial charge in [0.25, 0.3) is 0 Å². The van der Waals surface area contributed by atoms with Crippen LogP contribution in [-0.4, -0.2) is 12.6 Å². The number of benzene rings is 3. The van der Waals surface area contributed by atoms with Crippen LogP contribution in [0.3, 0.4) is 0 Å². The molecule has 4 aromatic rings. The number of carbonyl (C=O) groups is 1. The number of hydrogen-bond donors (Lipinski definition) is 0. The molecule has 1 atom stereocenters. The maximum absolute atomic E-state index is 12.9. The summed E-state index contributed by atoms with van der Waals surface area (Å²) in [6.07, 6.45) is 1.95. The summed E-state index contributed by atoms with van der Waals surface area (Å²) in [5.41, 5.74) is 5.61. The quantitative estimate of drug-likeness (QED) is 0.396. The first-order chi connectivity index (χ1) is 14.3. The van der Waals surface area contributed by atoms with Gasteiger partial charge in [0.05, 0.1) is 6.61 Å². The Hall–Kier alpha value is -3.59. The van der Waals surface area contributed by atoms with E-state index in [-0.39, 0.29) is 11.9 Å². The predicted octanol–water partition coefficient (Wildman–Crippen LogP) is 6.19. The topological polar surface area (TPSA) is 39.4 Å². The molecular formula is C26H20O3. The fourth-order valence-corrected chi connectivity index (χ4v) is 4.18. The molecule has 0 amide bonds. The van der Waals surface area contributed by atoms with Crippen LogP contribution < -0.4 is 0 Å². The van der Waals surface area contributed by atoms with Crippen molar-refractivity contribution in [3.8, 4) is 11.3 Å². The van der Waals surface area contributed by atoms with E-state index in [1.807, 2.05) is 79.7 Å². The van der Waals surface area contributed by atoms with Crippen LogP contribution in [-0.2, 0) is 9.53 Å². The van der Waals surface area contributed by atoms with Crippen molar-refractivity contribution in [2.75, 3.05) is 6.61 Å². The van der Waals surface area contributed by atoms with Crippen LogP contribution >= 0.6 is 0 Å². The summed E-state index contributed by atoms with van der Waals surface area (Å²) in [6.45, 7) is 2.18. The number of fused-ring (bicyclic) bond motifs is 2. The maximum Gasteiger partial charge on any atom is 0.334 e. The first-order valence-electron chi connectivity index (χ1n) is 9.82. The Kier molecular flexibility index (Phi) is 4.28. The number of esters is 1. The van der Waals surface area contributed by atoms with E-state index in [0.717, 1.165) is 39.0 Å². The molecule has 1 unspecified atom stereocenters. The van der Waals surface area contributed by atoms with Crippen molar-refractivity contribution in [3.05, 3.63) is 101 Å². The van der Waals surface area contributed by atoms with E-state index in [1.165, 1.54) is 0 Å². The smallest absolute Gasteiger partial charge is 0.334 e. The lowest BCUT2D eigenvalue weighted by atomic mass is 9.85. The van der Waals surface area contributed by atoms with Crippen LogP contribution in [0.4, 0.5) is 0 Å². The lowest BCUT2D eigenvalue weighted by Gasteiger charge is -2.17. The van der Waals surface area contributed by atoms with Gasteiger partial charge in [-0.05, 0) is 30.2 Å². The highest BCUT2D eigenvalue weighted by atomic mass is 16.5. The highest BCUT2D eigenvalue weighted by molar-refractivity contribution is 6.02. The molecule has 0 aliphatic heterocycles. The standard InChI is InChI=1S/C26H20O3/c1-2-28-26(27)21-16-18-12-6-7-13-19(18)23(21)24-20-14-8-9-15-22(20)29-25(24)17-10-4-3-5-11-17/h3-16,23H,2H2,1H3. The van der Waals surface area contributed by atoms with Crippen LogP contribution in [0.15, 0.2) is 88.9 Å². The van der Waals surface area contributed by atoms with Crippen LogP contribution in [0.5, 0.6) is 0 Å². The first kappa shape index (κ1) is 17.5. The van der Waals surface area contributed by atoms with E-state index in [9.17, 15) is 4.79 Å². The van der Waals surface area contributed by atoms with Gasteiger partial charge in [-0.3, -0.25) is 0 Å². The Balaban J connectivity index is 1.80. The first-order valence-corrected chi connectivity index (χ1v) is 9.82. The fourth-order valence-electron chi connectivity index (χ4n) is 4.18. The molecule has 1 aliphatic rings. The third-order valence-electron chi connectivity index (χ3n) is 5.40. The molecule has 1 aliphatic carbocycles. The van der Waals surface area contributed by atoms with E-state index in [2.05, 4.69) is 12.1 Å². The van der Waals surface area contributed by atoms with Gasteiger partial charge in [0.15, 0.2) is 0 Å². The molecule has 3 heteroatoms. The average Bonchev–Trinajstić information content (AvgIpc) is 3.33.